The summed E-state index contributed by atoms with van der Waals surface area (Å²) < 4.78 is 5.57. The number of hydrogen-bond acceptors (Lipinski definition) is 5. The molecular weight excluding hydrogens is 252 g/mol. The summed E-state index contributed by atoms with van der Waals surface area (Å²) in [5, 5.41) is 11.6. The fourth-order valence-corrected chi connectivity index (χ4v) is 1.69. The van der Waals surface area contributed by atoms with Gasteiger partial charge in [0.05, 0.1) is 18.5 Å². The van der Waals surface area contributed by atoms with Gasteiger partial charge in [-0.2, -0.15) is 0 Å². The van der Waals surface area contributed by atoms with Crippen molar-refractivity contribution in [2.45, 2.75) is 26.7 Å². The van der Waals surface area contributed by atoms with Crippen LogP contribution in [0.5, 0.6) is 5.75 Å². The van der Waals surface area contributed by atoms with Gasteiger partial charge in [-0.15, -0.1) is 10.2 Å². The fourth-order valence-electron chi connectivity index (χ4n) is 1.69. The molecule has 20 heavy (non-hydrogen) atoms. The summed E-state index contributed by atoms with van der Waals surface area (Å²) in [6.07, 6.45) is 5.51. The average Bonchev–Trinajstić information content (AvgIpc) is 2.52. The lowest BCUT2D eigenvalue weighted by Crippen LogP contribution is -2.03. The van der Waals surface area contributed by atoms with E-state index in [1.807, 2.05) is 18.2 Å². The molecule has 0 aliphatic carbocycles. The summed E-state index contributed by atoms with van der Waals surface area (Å²) in [4.78, 5) is 4.18. The van der Waals surface area contributed by atoms with E-state index in [1.165, 1.54) is 0 Å². The molecule has 0 aliphatic heterocycles. The molecule has 0 aliphatic rings. The van der Waals surface area contributed by atoms with Gasteiger partial charge in [-0.05, 0) is 31.0 Å². The van der Waals surface area contributed by atoms with Gasteiger partial charge in [0, 0.05) is 18.3 Å². The first-order chi connectivity index (χ1) is 9.83. The lowest BCUT2D eigenvalue weighted by molar-refractivity contribution is 0.316. The fraction of sp³-hybridized carbons (Fsp3) is 0.400. The SMILES string of the molecule is CCCNc1ccc(-c2cncc(OCCC)c2)nn1. The van der Waals surface area contributed by atoms with Crippen LogP contribution in [0.15, 0.2) is 30.6 Å². The van der Waals surface area contributed by atoms with Gasteiger partial charge < -0.3 is 10.1 Å². The molecule has 0 radical (unpaired) electrons. The van der Waals surface area contributed by atoms with E-state index in [4.69, 9.17) is 4.74 Å². The summed E-state index contributed by atoms with van der Waals surface area (Å²) in [6.45, 7) is 5.78. The van der Waals surface area contributed by atoms with Gasteiger partial charge >= 0.3 is 0 Å². The number of hydrogen-bond donors (Lipinski definition) is 1. The lowest BCUT2D eigenvalue weighted by atomic mass is 10.2. The van der Waals surface area contributed by atoms with E-state index in [9.17, 15) is 0 Å². The molecule has 2 aromatic heterocycles. The van der Waals surface area contributed by atoms with E-state index in [0.29, 0.717) is 6.61 Å². The Labute approximate surface area is 119 Å². The number of nitrogens with one attached hydrogen (secondary N) is 1. The molecule has 2 rings (SSSR count). The van der Waals surface area contributed by atoms with Crippen LogP contribution in [0, 0.1) is 0 Å². The summed E-state index contributed by atoms with van der Waals surface area (Å²) in [5.41, 5.74) is 1.70. The van der Waals surface area contributed by atoms with Gasteiger partial charge in [0.2, 0.25) is 0 Å². The van der Waals surface area contributed by atoms with Crippen molar-refractivity contribution in [3.05, 3.63) is 30.6 Å². The summed E-state index contributed by atoms with van der Waals surface area (Å²) in [5.74, 6) is 1.56. The number of anilines is 1. The molecule has 5 heteroatoms. The molecule has 0 aromatic carbocycles. The molecule has 0 atom stereocenters. The quantitative estimate of drug-likeness (QED) is 0.839. The Balaban J connectivity index is 2.10. The second-order valence-corrected chi connectivity index (χ2v) is 4.49. The zero-order valence-corrected chi connectivity index (χ0v) is 12.0. The third-order valence-electron chi connectivity index (χ3n) is 2.70. The first-order valence-electron chi connectivity index (χ1n) is 6.99. The topological polar surface area (TPSA) is 59.9 Å². The van der Waals surface area contributed by atoms with E-state index in [-0.39, 0.29) is 0 Å². The van der Waals surface area contributed by atoms with Gasteiger partial charge in [-0.3, -0.25) is 4.98 Å². The van der Waals surface area contributed by atoms with Gasteiger partial charge in [-0.1, -0.05) is 13.8 Å². The molecule has 0 bridgehead atoms. The molecule has 0 spiro atoms. The third-order valence-corrected chi connectivity index (χ3v) is 2.70. The standard InChI is InChI=1S/C15H20N4O/c1-3-7-17-15-6-5-14(18-19-15)12-9-13(11-16-10-12)20-8-4-2/h5-6,9-11H,3-4,7-8H2,1-2H3,(H,17,19). The first-order valence-corrected chi connectivity index (χ1v) is 6.99. The molecular formula is C15H20N4O. The zero-order valence-electron chi connectivity index (χ0n) is 12.0. The lowest BCUT2D eigenvalue weighted by Gasteiger charge is -2.06. The Kier molecular flexibility index (Phi) is 5.29. The van der Waals surface area contributed by atoms with Gasteiger partial charge in [0.1, 0.15) is 11.6 Å². The second kappa shape index (κ2) is 7.43. The predicted octanol–water partition coefficient (Wildman–Crippen LogP) is 3.15. The molecule has 0 amide bonds. The highest BCUT2D eigenvalue weighted by molar-refractivity contribution is 5.60. The van der Waals surface area contributed by atoms with Crippen LogP contribution in [0.4, 0.5) is 5.82 Å². The van der Waals surface area contributed by atoms with Crippen molar-refractivity contribution in [1.82, 2.24) is 15.2 Å². The van der Waals surface area contributed by atoms with Crippen LogP contribution in [0.25, 0.3) is 11.3 Å². The molecule has 0 saturated carbocycles. The third kappa shape index (κ3) is 3.91. The van der Waals surface area contributed by atoms with Crippen molar-refractivity contribution in [2.75, 3.05) is 18.5 Å². The summed E-state index contributed by atoms with van der Waals surface area (Å²) in [7, 11) is 0. The van der Waals surface area contributed by atoms with E-state index >= 15 is 0 Å². The normalized spacial score (nSPS) is 10.3. The number of nitrogens with zero attached hydrogens (tertiary/aromatic N) is 3. The predicted molar refractivity (Wildman–Crippen MR) is 79.8 cm³/mol. The van der Waals surface area contributed by atoms with Crippen LogP contribution in [0.2, 0.25) is 0 Å². The maximum absolute atomic E-state index is 5.57. The van der Waals surface area contributed by atoms with E-state index in [1.54, 1.807) is 12.4 Å². The van der Waals surface area contributed by atoms with Gasteiger partial charge in [0.15, 0.2) is 0 Å². The van der Waals surface area contributed by atoms with Crippen molar-refractivity contribution in [3.63, 3.8) is 0 Å². The monoisotopic (exact) mass is 272 g/mol. The Bertz CT molecular complexity index is 528. The molecule has 0 unspecified atom stereocenters. The molecule has 5 nitrogen and oxygen atoms in total. The minimum Gasteiger partial charge on any atom is -0.492 e. The Morgan fingerprint density at radius 3 is 2.70 bits per heavy atom. The average molecular weight is 272 g/mol. The minimum absolute atomic E-state index is 0.691. The van der Waals surface area contributed by atoms with Crippen molar-refractivity contribution in [3.8, 4) is 17.0 Å². The Morgan fingerprint density at radius 2 is 2.00 bits per heavy atom. The molecule has 106 valence electrons. The Hall–Kier alpha value is -2.17. The highest BCUT2D eigenvalue weighted by Gasteiger charge is 2.03. The second-order valence-electron chi connectivity index (χ2n) is 4.49. The Morgan fingerprint density at radius 1 is 1.10 bits per heavy atom. The van der Waals surface area contributed by atoms with Crippen molar-refractivity contribution < 1.29 is 4.74 Å². The molecule has 1 N–H and O–H groups in total. The van der Waals surface area contributed by atoms with Gasteiger partial charge in [-0.25, -0.2) is 0 Å². The number of ether oxygens (including phenoxy) is 1. The van der Waals surface area contributed by atoms with E-state index in [2.05, 4.69) is 34.3 Å². The molecule has 0 fully saturated rings. The number of pyridine rings is 1. The van der Waals surface area contributed by atoms with E-state index < -0.39 is 0 Å². The zero-order chi connectivity index (χ0) is 14.2. The molecule has 0 saturated heterocycles. The van der Waals surface area contributed by atoms with Crippen molar-refractivity contribution in [1.29, 1.82) is 0 Å². The highest BCUT2D eigenvalue weighted by Crippen LogP contribution is 2.21. The minimum atomic E-state index is 0.691. The van der Waals surface area contributed by atoms with Gasteiger partial charge in [0.25, 0.3) is 0 Å². The van der Waals surface area contributed by atoms with Crippen LogP contribution >= 0.6 is 0 Å². The smallest absolute Gasteiger partial charge is 0.148 e. The van der Waals surface area contributed by atoms with E-state index in [0.717, 1.165) is 42.2 Å². The first kappa shape index (κ1) is 14.2. The highest BCUT2D eigenvalue weighted by atomic mass is 16.5. The maximum atomic E-state index is 5.57. The summed E-state index contributed by atoms with van der Waals surface area (Å²) in [6, 6.07) is 5.80. The van der Waals surface area contributed by atoms with Crippen LogP contribution in [-0.2, 0) is 0 Å². The molecule has 2 heterocycles. The maximum Gasteiger partial charge on any atom is 0.148 e. The largest absolute Gasteiger partial charge is 0.492 e. The van der Waals surface area contributed by atoms with Crippen LogP contribution in [0.3, 0.4) is 0 Å². The summed E-state index contributed by atoms with van der Waals surface area (Å²) >= 11 is 0. The van der Waals surface area contributed by atoms with Crippen LogP contribution in [-0.4, -0.2) is 28.3 Å². The number of aromatic nitrogens is 3. The van der Waals surface area contributed by atoms with Crippen LogP contribution < -0.4 is 10.1 Å². The molecule has 2 aromatic rings. The van der Waals surface area contributed by atoms with Crippen LogP contribution in [0.1, 0.15) is 26.7 Å². The van der Waals surface area contributed by atoms with Crippen molar-refractivity contribution >= 4 is 5.82 Å². The number of rotatable bonds is 7. The van der Waals surface area contributed by atoms with Crippen molar-refractivity contribution in [2.24, 2.45) is 0 Å².